The molecule has 2 aromatic carbocycles. The van der Waals surface area contributed by atoms with E-state index < -0.39 is 0 Å². The molecule has 0 aliphatic carbocycles. The number of benzene rings is 2. The fourth-order valence-corrected chi connectivity index (χ4v) is 3.82. The highest BCUT2D eigenvalue weighted by Gasteiger charge is 2.26. The van der Waals surface area contributed by atoms with Crippen LogP contribution in [-0.2, 0) is 6.54 Å². The van der Waals surface area contributed by atoms with E-state index in [-0.39, 0.29) is 12.4 Å². The minimum Gasteiger partial charge on any atom is -0.494 e. The predicted molar refractivity (Wildman–Crippen MR) is 115 cm³/mol. The summed E-state index contributed by atoms with van der Waals surface area (Å²) in [5.41, 5.74) is 2.20. The molecule has 156 valence electrons. The first-order valence-corrected chi connectivity index (χ1v) is 10.4. The minimum atomic E-state index is -0.212. The number of hydrogen-bond donors (Lipinski definition) is 1. The Kier molecular flexibility index (Phi) is 8.23. The molecule has 3 rings (SSSR count). The van der Waals surface area contributed by atoms with Crippen molar-refractivity contribution < 1.29 is 14.2 Å². The quantitative estimate of drug-likeness (QED) is 0.697. The molecule has 0 amide bonds. The zero-order chi connectivity index (χ0) is 20.5. The zero-order valence-corrected chi connectivity index (χ0v) is 17.1. The van der Waals surface area contributed by atoms with Crippen molar-refractivity contribution in [1.29, 1.82) is 0 Å². The van der Waals surface area contributed by atoms with E-state index in [4.69, 9.17) is 4.74 Å². The van der Waals surface area contributed by atoms with Gasteiger partial charge < -0.3 is 9.84 Å². The third-order valence-corrected chi connectivity index (χ3v) is 5.34. The normalized spacial score (nSPS) is 18.4. The van der Waals surface area contributed by atoms with E-state index in [1.54, 1.807) is 12.1 Å². The van der Waals surface area contributed by atoms with Gasteiger partial charge in [-0.2, -0.15) is 0 Å². The Labute approximate surface area is 173 Å². The van der Waals surface area contributed by atoms with Crippen LogP contribution >= 0.6 is 0 Å². The van der Waals surface area contributed by atoms with Crippen LogP contribution in [0.5, 0.6) is 5.75 Å². The summed E-state index contributed by atoms with van der Waals surface area (Å²) < 4.78 is 18.8. The molecule has 5 heteroatoms. The molecule has 1 saturated heterocycles. The van der Waals surface area contributed by atoms with E-state index in [1.807, 2.05) is 25.1 Å². The Bertz CT molecular complexity index is 779. The van der Waals surface area contributed by atoms with Crippen LogP contribution in [0.1, 0.15) is 24.5 Å². The second-order valence-electron chi connectivity index (χ2n) is 7.39. The number of ether oxygens (including phenoxy) is 1. The van der Waals surface area contributed by atoms with Crippen LogP contribution < -0.4 is 4.74 Å². The fraction of sp³-hybridized carbons (Fsp3) is 0.417. The first-order chi connectivity index (χ1) is 14.2. The largest absolute Gasteiger partial charge is 0.494 e. The van der Waals surface area contributed by atoms with Crippen molar-refractivity contribution in [2.75, 3.05) is 39.4 Å². The summed E-state index contributed by atoms with van der Waals surface area (Å²) in [6.07, 6.45) is 4.92. The SMILES string of the molecule is CCOc1ccccc1CN1CCN(C/C=C/c2ccc(F)cc2)CC1CCO. The van der Waals surface area contributed by atoms with Crippen LogP contribution in [0.25, 0.3) is 6.08 Å². The molecule has 1 fully saturated rings. The molecule has 1 atom stereocenters. The summed E-state index contributed by atoms with van der Waals surface area (Å²) in [7, 11) is 0. The van der Waals surface area contributed by atoms with Gasteiger partial charge in [0.05, 0.1) is 6.61 Å². The molecule has 1 heterocycles. The molecular weight excluding hydrogens is 367 g/mol. The van der Waals surface area contributed by atoms with Gasteiger partial charge in [-0.3, -0.25) is 9.80 Å². The van der Waals surface area contributed by atoms with E-state index in [0.29, 0.717) is 12.6 Å². The second-order valence-corrected chi connectivity index (χ2v) is 7.39. The maximum Gasteiger partial charge on any atom is 0.123 e. The first kappa shape index (κ1) is 21.5. The lowest BCUT2D eigenvalue weighted by molar-refractivity contribution is 0.0590. The molecule has 0 saturated carbocycles. The van der Waals surface area contributed by atoms with Gasteiger partial charge in [-0.15, -0.1) is 0 Å². The highest BCUT2D eigenvalue weighted by molar-refractivity contribution is 5.49. The Hall–Kier alpha value is -2.21. The number of aliphatic hydroxyl groups excluding tert-OH is 1. The van der Waals surface area contributed by atoms with Crippen molar-refractivity contribution in [2.24, 2.45) is 0 Å². The Morgan fingerprint density at radius 2 is 1.93 bits per heavy atom. The van der Waals surface area contributed by atoms with Crippen molar-refractivity contribution in [1.82, 2.24) is 9.80 Å². The van der Waals surface area contributed by atoms with Crippen LogP contribution in [-0.4, -0.2) is 60.3 Å². The molecule has 0 aromatic heterocycles. The van der Waals surface area contributed by atoms with Crippen molar-refractivity contribution in [2.45, 2.75) is 25.9 Å². The highest BCUT2D eigenvalue weighted by Crippen LogP contribution is 2.23. The van der Waals surface area contributed by atoms with Gasteiger partial charge in [-0.05, 0) is 37.1 Å². The second kappa shape index (κ2) is 11.1. The van der Waals surface area contributed by atoms with Crippen molar-refractivity contribution in [3.05, 3.63) is 71.6 Å². The highest BCUT2D eigenvalue weighted by atomic mass is 19.1. The lowest BCUT2D eigenvalue weighted by Crippen LogP contribution is -2.52. The summed E-state index contributed by atoms with van der Waals surface area (Å²) >= 11 is 0. The molecule has 0 radical (unpaired) electrons. The molecule has 2 aromatic rings. The predicted octanol–water partition coefficient (Wildman–Crippen LogP) is 3.81. The smallest absolute Gasteiger partial charge is 0.123 e. The summed E-state index contributed by atoms with van der Waals surface area (Å²) in [5.74, 6) is 0.735. The summed E-state index contributed by atoms with van der Waals surface area (Å²) in [6.45, 7) is 7.39. The number of hydrogen-bond acceptors (Lipinski definition) is 4. The molecule has 1 aliphatic heterocycles. The molecule has 1 N–H and O–H groups in total. The number of nitrogens with zero attached hydrogens (tertiary/aromatic N) is 2. The van der Waals surface area contributed by atoms with Gasteiger partial charge >= 0.3 is 0 Å². The van der Waals surface area contributed by atoms with E-state index in [9.17, 15) is 9.50 Å². The molecule has 0 spiro atoms. The molecule has 29 heavy (non-hydrogen) atoms. The monoisotopic (exact) mass is 398 g/mol. The van der Waals surface area contributed by atoms with Crippen LogP contribution in [0.4, 0.5) is 4.39 Å². The van der Waals surface area contributed by atoms with Crippen LogP contribution in [0.2, 0.25) is 0 Å². The van der Waals surface area contributed by atoms with E-state index >= 15 is 0 Å². The standard InChI is InChI=1S/C24H31FN2O2/c1-2-29-24-8-4-3-7-21(24)18-27-16-15-26(19-23(27)13-17-28)14-5-6-20-9-11-22(25)12-10-20/h3-12,23,28H,2,13-19H2,1H3/b6-5+. The van der Waals surface area contributed by atoms with Crippen LogP contribution in [0, 0.1) is 5.82 Å². The number of halogens is 1. The Morgan fingerprint density at radius 1 is 1.14 bits per heavy atom. The molecule has 4 nitrogen and oxygen atoms in total. The number of para-hydroxylation sites is 1. The van der Waals surface area contributed by atoms with Gasteiger partial charge in [0.1, 0.15) is 11.6 Å². The summed E-state index contributed by atoms with van der Waals surface area (Å²) in [6, 6.07) is 15.0. The third kappa shape index (κ3) is 6.39. The first-order valence-electron chi connectivity index (χ1n) is 10.4. The lowest BCUT2D eigenvalue weighted by atomic mass is 10.1. The van der Waals surface area contributed by atoms with Gasteiger partial charge in [-0.25, -0.2) is 4.39 Å². The minimum absolute atomic E-state index is 0.188. The van der Waals surface area contributed by atoms with E-state index in [1.165, 1.54) is 17.7 Å². The van der Waals surface area contributed by atoms with Gasteiger partial charge in [0, 0.05) is 50.9 Å². The number of aliphatic hydroxyl groups is 1. The van der Waals surface area contributed by atoms with Gasteiger partial charge in [0.25, 0.3) is 0 Å². The molecule has 1 unspecified atom stereocenters. The topological polar surface area (TPSA) is 35.9 Å². The van der Waals surface area contributed by atoms with E-state index in [0.717, 1.165) is 50.5 Å². The molecule has 0 bridgehead atoms. The maximum atomic E-state index is 13.0. The lowest BCUT2D eigenvalue weighted by Gasteiger charge is -2.41. The van der Waals surface area contributed by atoms with Gasteiger partial charge in [0.2, 0.25) is 0 Å². The van der Waals surface area contributed by atoms with Crippen LogP contribution in [0.15, 0.2) is 54.6 Å². The van der Waals surface area contributed by atoms with E-state index in [2.05, 4.69) is 28.0 Å². The number of rotatable bonds is 9. The molecular formula is C24H31FN2O2. The van der Waals surface area contributed by atoms with Crippen molar-refractivity contribution in [3.8, 4) is 5.75 Å². The zero-order valence-electron chi connectivity index (χ0n) is 17.1. The van der Waals surface area contributed by atoms with Gasteiger partial charge in [0.15, 0.2) is 0 Å². The van der Waals surface area contributed by atoms with Gasteiger partial charge in [-0.1, -0.05) is 42.5 Å². The molecule has 1 aliphatic rings. The summed E-state index contributed by atoms with van der Waals surface area (Å²) in [4.78, 5) is 4.86. The van der Waals surface area contributed by atoms with Crippen molar-refractivity contribution in [3.63, 3.8) is 0 Å². The summed E-state index contributed by atoms with van der Waals surface area (Å²) in [5, 5.41) is 9.56. The third-order valence-electron chi connectivity index (χ3n) is 5.34. The van der Waals surface area contributed by atoms with Crippen molar-refractivity contribution >= 4 is 6.08 Å². The number of piperazine rings is 1. The Morgan fingerprint density at radius 3 is 2.69 bits per heavy atom. The average molecular weight is 399 g/mol. The Balaban J connectivity index is 1.58. The fourth-order valence-electron chi connectivity index (χ4n) is 3.82. The maximum absolute atomic E-state index is 13.0. The average Bonchev–Trinajstić information content (AvgIpc) is 2.73. The van der Waals surface area contributed by atoms with Crippen LogP contribution in [0.3, 0.4) is 0 Å².